The predicted molar refractivity (Wildman–Crippen MR) is 100 cm³/mol. The van der Waals surface area contributed by atoms with Crippen LogP contribution in [0, 0.1) is 5.82 Å². The molecule has 3 N–H and O–H groups in total. The zero-order valence-corrected chi connectivity index (χ0v) is 14.9. The maximum Gasteiger partial charge on any atom is 0.141 e. The molecule has 2 aromatic carbocycles. The third kappa shape index (κ3) is 3.87. The molecule has 0 aliphatic carbocycles. The Morgan fingerprint density at radius 1 is 1.12 bits per heavy atom. The van der Waals surface area contributed by atoms with E-state index >= 15 is 0 Å². The number of nitrogens with zero attached hydrogens (tertiary/aromatic N) is 2. The van der Waals surface area contributed by atoms with Gasteiger partial charge in [0.05, 0.1) is 23.0 Å². The van der Waals surface area contributed by atoms with E-state index in [9.17, 15) is 8.60 Å². The van der Waals surface area contributed by atoms with Crippen molar-refractivity contribution in [1.82, 2.24) is 14.1 Å². The van der Waals surface area contributed by atoms with E-state index in [2.05, 4.69) is 14.1 Å². The third-order valence-corrected chi connectivity index (χ3v) is 5.50. The molecule has 25 heavy (non-hydrogen) atoms. The lowest BCUT2D eigenvalue weighted by atomic mass is 10.0. The summed E-state index contributed by atoms with van der Waals surface area (Å²) in [7, 11) is -1.39. The number of aromatic nitrogens is 2. The van der Waals surface area contributed by atoms with Crippen LogP contribution in [0.2, 0.25) is 0 Å². The van der Waals surface area contributed by atoms with Gasteiger partial charge in [-0.05, 0) is 35.6 Å². The first-order valence-electron chi connectivity index (χ1n) is 7.27. The second-order valence-corrected chi connectivity index (χ2v) is 7.13. The lowest BCUT2D eigenvalue weighted by molar-refractivity contribution is 0.631. The molecule has 0 spiro atoms. The largest absolute Gasteiger partial charge is 0.382 e. The molecule has 0 amide bonds. The summed E-state index contributed by atoms with van der Waals surface area (Å²) in [5, 5.41) is 0. The van der Waals surface area contributed by atoms with Crippen LogP contribution >= 0.6 is 11.9 Å². The van der Waals surface area contributed by atoms with Crippen molar-refractivity contribution in [3.05, 3.63) is 60.7 Å². The van der Waals surface area contributed by atoms with E-state index in [1.807, 2.05) is 12.1 Å². The Balaban J connectivity index is 2.02. The molecule has 1 atom stereocenters. The standard InChI is InChI=1S/C17H15FN4OS2/c1-24-22-25(23)16-5-3-2-4-12(16)11-6-7-13(14(18)8-11)15-9-21-17(19)10-20-15/h2-10,22H,1H3,(H2,19,21). The van der Waals surface area contributed by atoms with Gasteiger partial charge in [-0.3, -0.25) is 4.98 Å². The molecule has 1 heterocycles. The molecule has 0 aliphatic rings. The number of rotatable bonds is 5. The summed E-state index contributed by atoms with van der Waals surface area (Å²) >= 11 is 1.26. The summed E-state index contributed by atoms with van der Waals surface area (Å²) in [5.41, 5.74) is 7.58. The zero-order valence-electron chi connectivity index (χ0n) is 13.3. The smallest absolute Gasteiger partial charge is 0.141 e. The van der Waals surface area contributed by atoms with Gasteiger partial charge in [-0.25, -0.2) is 13.6 Å². The Hall–Kier alpha value is -2.29. The third-order valence-electron chi connectivity index (χ3n) is 3.47. The molecular weight excluding hydrogens is 359 g/mol. The van der Waals surface area contributed by atoms with E-state index in [-0.39, 0.29) is 5.82 Å². The second kappa shape index (κ2) is 7.73. The van der Waals surface area contributed by atoms with Crippen LogP contribution < -0.4 is 9.86 Å². The normalized spacial score (nSPS) is 12.1. The van der Waals surface area contributed by atoms with Gasteiger partial charge in [-0.1, -0.05) is 36.2 Å². The molecule has 128 valence electrons. The van der Waals surface area contributed by atoms with Crippen LogP contribution in [0.3, 0.4) is 0 Å². The lowest BCUT2D eigenvalue weighted by Gasteiger charge is -2.11. The van der Waals surface area contributed by atoms with Crippen LogP contribution in [-0.4, -0.2) is 20.4 Å². The highest BCUT2D eigenvalue weighted by molar-refractivity contribution is 8.06. The van der Waals surface area contributed by atoms with E-state index < -0.39 is 16.8 Å². The molecular formula is C17H15FN4OS2. The minimum Gasteiger partial charge on any atom is -0.382 e. The maximum atomic E-state index is 14.6. The minimum atomic E-state index is -1.39. The van der Waals surface area contributed by atoms with E-state index in [0.717, 1.165) is 0 Å². The minimum absolute atomic E-state index is 0.276. The van der Waals surface area contributed by atoms with Crippen molar-refractivity contribution >= 4 is 28.8 Å². The van der Waals surface area contributed by atoms with E-state index in [0.29, 0.717) is 27.3 Å². The molecule has 0 saturated heterocycles. The lowest BCUT2D eigenvalue weighted by Crippen LogP contribution is -2.08. The number of nitrogens with two attached hydrogens (primary N) is 1. The van der Waals surface area contributed by atoms with Crippen LogP contribution in [0.4, 0.5) is 10.2 Å². The van der Waals surface area contributed by atoms with E-state index in [1.165, 1.54) is 30.4 Å². The number of benzene rings is 2. The molecule has 0 bridgehead atoms. The van der Waals surface area contributed by atoms with Crippen molar-refractivity contribution in [2.45, 2.75) is 4.90 Å². The number of anilines is 1. The Bertz CT molecular complexity index is 919. The second-order valence-electron chi connectivity index (χ2n) is 5.07. The molecule has 8 heteroatoms. The topological polar surface area (TPSA) is 80.9 Å². The van der Waals surface area contributed by atoms with Crippen LogP contribution in [-0.2, 0) is 11.0 Å². The summed E-state index contributed by atoms with van der Waals surface area (Å²) in [4.78, 5) is 8.62. The van der Waals surface area contributed by atoms with Gasteiger partial charge in [-0.2, -0.15) is 4.13 Å². The summed E-state index contributed by atoms with van der Waals surface area (Å²) in [6.45, 7) is 0. The fourth-order valence-electron chi connectivity index (χ4n) is 2.35. The maximum absolute atomic E-state index is 14.6. The first-order valence-corrected chi connectivity index (χ1v) is 9.65. The van der Waals surface area contributed by atoms with Gasteiger partial charge in [0.2, 0.25) is 0 Å². The average molecular weight is 374 g/mol. The SMILES string of the molecule is CSNS(=O)c1ccccc1-c1ccc(-c2cnc(N)cn2)c(F)c1. The van der Waals surface area contributed by atoms with E-state index in [1.54, 1.807) is 30.5 Å². The number of nitrogen functional groups attached to an aromatic ring is 1. The molecule has 3 rings (SSSR count). The van der Waals surface area contributed by atoms with Gasteiger partial charge in [0.1, 0.15) is 22.6 Å². The molecule has 1 aromatic heterocycles. The molecule has 0 fully saturated rings. The highest BCUT2D eigenvalue weighted by atomic mass is 32.2. The van der Waals surface area contributed by atoms with Gasteiger partial charge in [0, 0.05) is 5.56 Å². The zero-order chi connectivity index (χ0) is 17.8. The Kier molecular flexibility index (Phi) is 5.42. The quantitative estimate of drug-likeness (QED) is 0.669. The summed E-state index contributed by atoms with van der Waals surface area (Å²) in [6.07, 6.45) is 4.61. The highest BCUT2D eigenvalue weighted by Gasteiger charge is 2.14. The van der Waals surface area contributed by atoms with Gasteiger partial charge >= 0.3 is 0 Å². The molecule has 0 radical (unpaired) electrons. The van der Waals surface area contributed by atoms with Crippen molar-refractivity contribution in [3.63, 3.8) is 0 Å². The van der Waals surface area contributed by atoms with Crippen molar-refractivity contribution in [1.29, 1.82) is 0 Å². The number of halogens is 1. The summed E-state index contributed by atoms with van der Waals surface area (Å²) < 4.78 is 29.7. The van der Waals surface area contributed by atoms with Gasteiger partial charge in [0.25, 0.3) is 0 Å². The van der Waals surface area contributed by atoms with E-state index in [4.69, 9.17) is 5.73 Å². The van der Waals surface area contributed by atoms with Crippen LogP contribution in [0.1, 0.15) is 0 Å². The molecule has 5 nitrogen and oxygen atoms in total. The van der Waals surface area contributed by atoms with Gasteiger partial charge in [0.15, 0.2) is 0 Å². The fourth-order valence-corrected chi connectivity index (χ4v) is 3.91. The Morgan fingerprint density at radius 2 is 1.92 bits per heavy atom. The fraction of sp³-hybridized carbons (Fsp3) is 0.0588. The van der Waals surface area contributed by atoms with Crippen LogP contribution in [0.25, 0.3) is 22.4 Å². The highest BCUT2D eigenvalue weighted by Crippen LogP contribution is 2.30. The number of hydrogen-bond acceptors (Lipinski definition) is 5. The van der Waals surface area contributed by atoms with Crippen molar-refractivity contribution in [3.8, 4) is 22.4 Å². The van der Waals surface area contributed by atoms with Gasteiger partial charge in [-0.15, -0.1) is 0 Å². The monoisotopic (exact) mass is 374 g/mol. The average Bonchev–Trinajstić information content (AvgIpc) is 2.63. The van der Waals surface area contributed by atoms with Crippen molar-refractivity contribution < 1.29 is 8.60 Å². The van der Waals surface area contributed by atoms with Crippen molar-refractivity contribution in [2.75, 3.05) is 12.0 Å². The van der Waals surface area contributed by atoms with Crippen molar-refractivity contribution in [2.24, 2.45) is 0 Å². The first-order chi connectivity index (χ1) is 12.1. The predicted octanol–water partition coefficient (Wildman–Crippen LogP) is 3.42. The molecule has 1 unspecified atom stereocenters. The molecule has 3 aromatic rings. The molecule has 0 saturated carbocycles. The molecule has 0 aliphatic heterocycles. The Labute approximate surface area is 151 Å². The first kappa shape index (κ1) is 17.5. The van der Waals surface area contributed by atoms with Crippen LogP contribution in [0.15, 0.2) is 59.8 Å². The number of nitrogens with one attached hydrogen (secondary N) is 1. The summed E-state index contributed by atoms with van der Waals surface area (Å²) in [5.74, 6) is -0.159. The van der Waals surface area contributed by atoms with Crippen LogP contribution in [0.5, 0.6) is 0 Å². The Morgan fingerprint density at radius 3 is 2.60 bits per heavy atom. The summed E-state index contributed by atoms with van der Waals surface area (Å²) in [6, 6.07) is 12.0. The van der Waals surface area contributed by atoms with Gasteiger partial charge < -0.3 is 5.73 Å². The number of hydrogen-bond donors (Lipinski definition) is 2.